The first-order valence-electron chi connectivity index (χ1n) is 8.74. The van der Waals surface area contributed by atoms with Crippen LogP contribution in [0.3, 0.4) is 0 Å². The maximum absolute atomic E-state index is 13.4. The summed E-state index contributed by atoms with van der Waals surface area (Å²) < 4.78 is 3.69. The lowest BCUT2D eigenvalue weighted by Gasteiger charge is -2.16. The van der Waals surface area contributed by atoms with Crippen molar-refractivity contribution in [3.05, 3.63) is 64.4 Å². The Morgan fingerprint density at radius 1 is 1.04 bits per heavy atom. The largest absolute Gasteiger partial charge is 0.268 e. The Balaban J connectivity index is 2.20. The summed E-state index contributed by atoms with van der Waals surface area (Å²) in [5, 5.41) is 10.2. The highest BCUT2D eigenvalue weighted by atomic mass is 32.2. The number of para-hydroxylation sites is 2. The molecule has 0 bridgehead atoms. The van der Waals surface area contributed by atoms with Crippen molar-refractivity contribution in [2.24, 2.45) is 0 Å². The van der Waals surface area contributed by atoms with Gasteiger partial charge in [0.15, 0.2) is 5.16 Å². The zero-order valence-electron chi connectivity index (χ0n) is 15.0. The topological polar surface area (TPSA) is 52.2 Å². The molecular formula is C20H20N4OS. The zero-order valence-corrected chi connectivity index (χ0v) is 15.8. The number of aromatic nitrogens is 4. The van der Waals surface area contributed by atoms with Crippen LogP contribution < -0.4 is 5.56 Å². The third kappa shape index (κ3) is 2.52. The number of fused-ring (bicyclic) bond motifs is 3. The van der Waals surface area contributed by atoms with E-state index in [1.807, 2.05) is 46.9 Å². The molecule has 2 heterocycles. The summed E-state index contributed by atoms with van der Waals surface area (Å²) in [7, 11) is 0. The van der Waals surface area contributed by atoms with Gasteiger partial charge in [0, 0.05) is 0 Å². The molecular weight excluding hydrogens is 344 g/mol. The number of rotatable bonds is 4. The molecule has 2 aromatic carbocycles. The Labute approximate surface area is 155 Å². The van der Waals surface area contributed by atoms with Crippen LogP contribution in [0.5, 0.6) is 0 Å². The number of hydrogen-bond acceptors (Lipinski definition) is 4. The lowest BCUT2D eigenvalue weighted by molar-refractivity contribution is 0.837. The second-order valence-electron chi connectivity index (χ2n) is 6.42. The molecule has 4 aromatic rings. The summed E-state index contributed by atoms with van der Waals surface area (Å²) in [5.74, 6) is 1.73. The third-order valence-electron chi connectivity index (χ3n) is 4.47. The minimum Gasteiger partial charge on any atom is -0.268 e. The van der Waals surface area contributed by atoms with Crippen molar-refractivity contribution < 1.29 is 0 Å². The Bertz CT molecular complexity index is 1160. The fraction of sp³-hybridized carbons (Fsp3) is 0.250. The van der Waals surface area contributed by atoms with Gasteiger partial charge in [-0.05, 0) is 35.4 Å². The number of hydrogen-bond donors (Lipinski definition) is 0. The van der Waals surface area contributed by atoms with E-state index in [9.17, 15) is 4.79 Å². The molecule has 0 amide bonds. The van der Waals surface area contributed by atoms with Gasteiger partial charge in [0.1, 0.15) is 0 Å². The van der Waals surface area contributed by atoms with Gasteiger partial charge in [-0.15, -0.1) is 10.2 Å². The van der Waals surface area contributed by atoms with Crippen LogP contribution in [0.2, 0.25) is 0 Å². The summed E-state index contributed by atoms with van der Waals surface area (Å²) in [6.07, 6.45) is 0. The van der Waals surface area contributed by atoms with Crippen LogP contribution in [-0.2, 0) is 0 Å². The summed E-state index contributed by atoms with van der Waals surface area (Å²) in [6.45, 7) is 6.34. The van der Waals surface area contributed by atoms with E-state index in [0.717, 1.165) is 27.7 Å². The Morgan fingerprint density at radius 2 is 1.77 bits per heavy atom. The third-order valence-corrected chi connectivity index (χ3v) is 5.28. The number of benzene rings is 2. The summed E-state index contributed by atoms with van der Waals surface area (Å²) >= 11 is 1.62. The summed E-state index contributed by atoms with van der Waals surface area (Å²) in [5.41, 5.74) is 2.75. The van der Waals surface area contributed by atoms with Gasteiger partial charge in [-0.3, -0.25) is 9.20 Å². The molecule has 0 saturated heterocycles. The van der Waals surface area contributed by atoms with Gasteiger partial charge in [0.05, 0.1) is 16.6 Å². The minimum atomic E-state index is -0.0679. The molecule has 132 valence electrons. The standard InChI is InChI=1S/C20H20N4OS/c1-4-26-20-22-21-19-23(16-11-7-5-9-14(16)13(2)3)18(25)15-10-6-8-12-17(15)24(19)20/h5-13H,4H2,1-3H3. The lowest BCUT2D eigenvalue weighted by Crippen LogP contribution is -2.23. The Kier molecular flexibility index (Phi) is 4.28. The monoisotopic (exact) mass is 364 g/mol. The van der Waals surface area contributed by atoms with Gasteiger partial charge in [0.25, 0.3) is 5.56 Å². The highest BCUT2D eigenvalue weighted by molar-refractivity contribution is 7.99. The maximum atomic E-state index is 13.4. The molecule has 0 unspecified atom stereocenters. The van der Waals surface area contributed by atoms with E-state index in [1.165, 1.54) is 0 Å². The van der Waals surface area contributed by atoms with Gasteiger partial charge in [-0.25, -0.2) is 4.57 Å². The Morgan fingerprint density at radius 3 is 2.54 bits per heavy atom. The molecule has 0 saturated carbocycles. The molecule has 2 aromatic heterocycles. The summed E-state index contributed by atoms with van der Waals surface area (Å²) in [4.78, 5) is 13.4. The average molecular weight is 364 g/mol. The molecule has 0 atom stereocenters. The van der Waals surface area contributed by atoms with Gasteiger partial charge >= 0.3 is 0 Å². The molecule has 4 rings (SSSR count). The van der Waals surface area contributed by atoms with E-state index in [1.54, 1.807) is 16.3 Å². The molecule has 0 aliphatic rings. The van der Waals surface area contributed by atoms with Crippen molar-refractivity contribution in [3.63, 3.8) is 0 Å². The highest BCUT2D eigenvalue weighted by Gasteiger charge is 2.19. The van der Waals surface area contributed by atoms with Gasteiger partial charge in [-0.1, -0.05) is 62.9 Å². The van der Waals surface area contributed by atoms with Gasteiger partial charge in [-0.2, -0.15) is 0 Å². The fourth-order valence-electron chi connectivity index (χ4n) is 3.30. The van der Waals surface area contributed by atoms with Crippen LogP contribution in [-0.4, -0.2) is 24.9 Å². The molecule has 0 aliphatic carbocycles. The highest BCUT2D eigenvalue weighted by Crippen LogP contribution is 2.26. The molecule has 0 spiro atoms. The number of nitrogens with zero attached hydrogens (tertiary/aromatic N) is 4. The van der Waals surface area contributed by atoms with E-state index in [4.69, 9.17) is 0 Å². The first kappa shape index (κ1) is 16.8. The van der Waals surface area contributed by atoms with E-state index < -0.39 is 0 Å². The maximum Gasteiger partial charge on any atom is 0.267 e. The number of thioether (sulfide) groups is 1. The fourth-order valence-corrected chi connectivity index (χ4v) is 3.96. The quantitative estimate of drug-likeness (QED) is 0.508. The molecule has 0 aliphatic heterocycles. The molecule has 0 radical (unpaired) electrons. The van der Waals surface area contributed by atoms with Gasteiger partial charge in [0.2, 0.25) is 5.78 Å². The summed E-state index contributed by atoms with van der Waals surface area (Å²) in [6, 6.07) is 15.7. The van der Waals surface area contributed by atoms with Crippen LogP contribution in [0.4, 0.5) is 0 Å². The minimum absolute atomic E-state index is 0.0679. The van der Waals surface area contributed by atoms with E-state index in [2.05, 4.69) is 37.0 Å². The second-order valence-corrected chi connectivity index (χ2v) is 7.65. The first-order chi connectivity index (χ1) is 12.6. The predicted octanol–water partition coefficient (Wildman–Crippen LogP) is 4.27. The van der Waals surface area contributed by atoms with Crippen molar-refractivity contribution in [1.29, 1.82) is 0 Å². The lowest BCUT2D eigenvalue weighted by atomic mass is 10.0. The molecule has 5 nitrogen and oxygen atoms in total. The SMILES string of the molecule is CCSc1nnc2n(-c3ccccc3C(C)C)c(=O)c3ccccc3n12. The molecule has 26 heavy (non-hydrogen) atoms. The zero-order chi connectivity index (χ0) is 18.3. The predicted molar refractivity (Wildman–Crippen MR) is 107 cm³/mol. The van der Waals surface area contributed by atoms with E-state index in [0.29, 0.717) is 11.2 Å². The van der Waals surface area contributed by atoms with E-state index >= 15 is 0 Å². The van der Waals surface area contributed by atoms with Crippen LogP contribution in [0.25, 0.3) is 22.4 Å². The van der Waals surface area contributed by atoms with E-state index in [-0.39, 0.29) is 11.5 Å². The van der Waals surface area contributed by atoms with Crippen molar-refractivity contribution in [3.8, 4) is 5.69 Å². The smallest absolute Gasteiger partial charge is 0.267 e. The van der Waals surface area contributed by atoms with Gasteiger partial charge < -0.3 is 0 Å². The average Bonchev–Trinajstić information content (AvgIpc) is 3.06. The van der Waals surface area contributed by atoms with Crippen molar-refractivity contribution in [2.75, 3.05) is 5.75 Å². The van der Waals surface area contributed by atoms with Crippen LogP contribution in [0, 0.1) is 0 Å². The van der Waals surface area contributed by atoms with Crippen LogP contribution >= 0.6 is 11.8 Å². The Hall–Kier alpha value is -2.60. The first-order valence-corrected chi connectivity index (χ1v) is 9.73. The molecule has 6 heteroatoms. The van der Waals surface area contributed by atoms with Crippen molar-refractivity contribution >= 4 is 28.4 Å². The second kappa shape index (κ2) is 6.61. The van der Waals surface area contributed by atoms with Crippen LogP contribution in [0.1, 0.15) is 32.3 Å². The normalized spacial score (nSPS) is 11.7. The van der Waals surface area contributed by atoms with Crippen molar-refractivity contribution in [1.82, 2.24) is 19.2 Å². The van der Waals surface area contributed by atoms with Crippen LogP contribution in [0.15, 0.2) is 58.5 Å². The molecule has 0 fully saturated rings. The molecule has 0 N–H and O–H groups in total. The van der Waals surface area contributed by atoms with Crippen molar-refractivity contribution in [2.45, 2.75) is 31.8 Å².